The van der Waals surface area contributed by atoms with Gasteiger partial charge in [-0.25, -0.2) is 0 Å². The van der Waals surface area contributed by atoms with E-state index in [9.17, 15) is 27.9 Å². The van der Waals surface area contributed by atoms with E-state index in [2.05, 4.69) is 15.2 Å². The number of carboxylic acids is 1. The molecule has 1 heterocycles. The molecule has 182 valence electrons. The number of rotatable bonds is 7. The zero-order chi connectivity index (χ0) is 24.8. The molecule has 0 radical (unpaired) electrons. The van der Waals surface area contributed by atoms with Crippen LogP contribution in [0.15, 0.2) is 48.7 Å². The van der Waals surface area contributed by atoms with Gasteiger partial charge in [-0.15, -0.1) is 13.2 Å². The van der Waals surface area contributed by atoms with Crippen molar-refractivity contribution in [3.63, 3.8) is 0 Å². The SMILES string of the molecule is C[C@@]1(CC(=O)O)C[C@@H]2C3[C@@H]1C32NC(=O)c1cccc2cnn(Cc3ccc(OC(F)(F)F)cc3)c12. The molecule has 0 spiro atoms. The second kappa shape index (κ2) is 6.99. The summed E-state index contributed by atoms with van der Waals surface area (Å²) in [6, 6.07) is 10.9. The van der Waals surface area contributed by atoms with Crippen LogP contribution in [0.2, 0.25) is 0 Å². The first-order valence-corrected chi connectivity index (χ1v) is 11.4. The molecule has 3 aromatic rings. The zero-order valence-corrected chi connectivity index (χ0v) is 18.7. The molecule has 2 bridgehead atoms. The minimum atomic E-state index is -4.76. The Morgan fingerprint density at radius 1 is 1.23 bits per heavy atom. The molecule has 4 saturated carbocycles. The molecule has 1 amide bonds. The van der Waals surface area contributed by atoms with Crippen LogP contribution >= 0.6 is 0 Å². The van der Waals surface area contributed by atoms with Crippen molar-refractivity contribution in [3.05, 3.63) is 59.8 Å². The predicted octanol–water partition coefficient (Wildman–Crippen LogP) is 4.21. The number of fused-ring (bicyclic) bond motifs is 2. The predicted molar refractivity (Wildman–Crippen MR) is 118 cm³/mol. The van der Waals surface area contributed by atoms with Crippen LogP contribution in [-0.2, 0) is 11.3 Å². The van der Waals surface area contributed by atoms with Gasteiger partial charge in [0.1, 0.15) is 5.75 Å². The number of hydrogen-bond donors (Lipinski definition) is 2. The maximum atomic E-state index is 13.4. The number of alkyl halides is 3. The summed E-state index contributed by atoms with van der Waals surface area (Å²) < 4.78 is 42.8. The van der Waals surface area contributed by atoms with Gasteiger partial charge in [0.15, 0.2) is 0 Å². The molecule has 4 fully saturated rings. The molecule has 35 heavy (non-hydrogen) atoms. The van der Waals surface area contributed by atoms with E-state index in [1.165, 1.54) is 24.3 Å². The number of aliphatic carboxylic acids is 1. The molecule has 0 aliphatic heterocycles. The summed E-state index contributed by atoms with van der Waals surface area (Å²) in [7, 11) is 0. The van der Waals surface area contributed by atoms with Gasteiger partial charge in [-0.3, -0.25) is 14.3 Å². The second-order valence-electron chi connectivity index (χ2n) is 10.2. The van der Waals surface area contributed by atoms with E-state index in [0.29, 0.717) is 28.5 Å². The van der Waals surface area contributed by atoms with Gasteiger partial charge in [-0.05, 0) is 53.4 Å². The van der Waals surface area contributed by atoms with Gasteiger partial charge in [0.2, 0.25) is 0 Å². The van der Waals surface area contributed by atoms with Crippen LogP contribution in [0, 0.1) is 23.2 Å². The molecule has 2 aromatic carbocycles. The molecule has 5 atom stereocenters. The van der Waals surface area contributed by atoms with Crippen LogP contribution < -0.4 is 10.1 Å². The second-order valence-corrected chi connectivity index (χ2v) is 10.2. The van der Waals surface area contributed by atoms with Crippen LogP contribution in [0.1, 0.15) is 35.7 Å². The van der Waals surface area contributed by atoms with Crippen LogP contribution in [0.5, 0.6) is 5.75 Å². The Labute approximate surface area is 197 Å². The Morgan fingerprint density at radius 3 is 2.63 bits per heavy atom. The molecule has 4 aliphatic carbocycles. The van der Waals surface area contributed by atoms with Crippen LogP contribution in [-0.4, -0.2) is 38.7 Å². The first kappa shape index (κ1) is 21.9. The Bertz CT molecular complexity index is 1360. The van der Waals surface area contributed by atoms with E-state index in [1.54, 1.807) is 23.0 Å². The van der Waals surface area contributed by atoms with Crippen LogP contribution in [0.25, 0.3) is 10.9 Å². The smallest absolute Gasteiger partial charge is 0.481 e. The molecule has 4 aliphatic rings. The highest BCUT2D eigenvalue weighted by atomic mass is 19.4. The van der Waals surface area contributed by atoms with E-state index < -0.39 is 12.3 Å². The first-order valence-electron chi connectivity index (χ1n) is 11.4. The maximum Gasteiger partial charge on any atom is 0.573 e. The van der Waals surface area contributed by atoms with Crippen LogP contribution in [0.4, 0.5) is 13.2 Å². The van der Waals surface area contributed by atoms with Gasteiger partial charge >= 0.3 is 12.3 Å². The lowest BCUT2D eigenvalue weighted by Gasteiger charge is -2.22. The van der Waals surface area contributed by atoms with Crippen molar-refractivity contribution in [3.8, 4) is 5.75 Å². The Balaban J connectivity index is 1.22. The fourth-order valence-electron chi connectivity index (χ4n) is 6.69. The summed E-state index contributed by atoms with van der Waals surface area (Å²) in [4.78, 5) is 24.7. The molecule has 0 saturated heterocycles. The Kier molecular flexibility index (Phi) is 4.38. The van der Waals surface area contributed by atoms with Gasteiger partial charge in [0.05, 0.1) is 35.8 Å². The van der Waals surface area contributed by atoms with E-state index in [0.717, 1.165) is 11.8 Å². The molecule has 2 unspecified atom stereocenters. The fourth-order valence-corrected chi connectivity index (χ4v) is 6.69. The minimum absolute atomic E-state index is 0.109. The number of carboxylic acid groups (broad SMARTS) is 1. The molecule has 7 rings (SSSR count). The molecule has 10 heteroatoms. The Morgan fingerprint density at radius 2 is 1.97 bits per heavy atom. The largest absolute Gasteiger partial charge is 0.573 e. The Hall–Kier alpha value is -3.56. The van der Waals surface area contributed by atoms with Crippen molar-refractivity contribution in [2.75, 3.05) is 0 Å². The average molecular weight is 485 g/mol. The van der Waals surface area contributed by atoms with Crippen molar-refractivity contribution in [2.45, 2.75) is 38.2 Å². The van der Waals surface area contributed by atoms with Crippen molar-refractivity contribution in [2.24, 2.45) is 23.2 Å². The van der Waals surface area contributed by atoms with Gasteiger partial charge in [0.25, 0.3) is 5.91 Å². The zero-order valence-electron chi connectivity index (χ0n) is 18.7. The van der Waals surface area contributed by atoms with E-state index in [-0.39, 0.29) is 41.5 Å². The number of para-hydroxylation sites is 1. The van der Waals surface area contributed by atoms with Gasteiger partial charge in [-0.2, -0.15) is 5.10 Å². The van der Waals surface area contributed by atoms with Crippen molar-refractivity contribution >= 4 is 22.8 Å². The highest BCUT2D eigenvalue weighted by molar-refractivity contribution is 6.06. The summed E-state index contributed by atoms with van der Waals surface area (Å²) in [5, 5.41) is 17.7. The van der Waals surface area contributed by atoms with Gasteiger partial charge in [-0.1, -0.05) is 31.2 Å². The highest BCUT2D eigenvalue weighted by Gasteiger charge is 2.95. The number of hydrogen-bond acceptors (Lipinski definition) is 4. The summed E-state index contributed by atoms with van der Waals surface area (Å²) in [5.74, 6) is -0.450. The fraction of sp³-hybridized carbons (Fsp3) is 0.400. The lowest BCUT2D eigenvalue weighted by atomic mass is 9.83. The van der Waals surface area contributed by atoms with E-state index in [1.807, 2.05) is 13.0 Å². The quantitative estimate of drug-likeness (QED) is 0.523. The normalized spacial score (nSPS) is 30.1. The standard InChI is InChI=1S/C25H22F3N3O4/c1-23(10-18(32)33)9-17-19-21(23)24(17,19)30-22(34)16-4-2-3-14-11-29-31(20(14)16)12-13-5-7-15(8-6-13)35-25(26,27)28/h2-8,11,17,19,21H,9-10,12H2,1H3,(H,30,34)(H,32,33)/t17-,19?,21+,23+,24?/m1/s1. The molecular weight excluding hydrogens is 463 g/mol. The van der Waals surface area contributed by atoms with Crippen molar-refractivity contribution < 1.29 is 32.6 Å². The highest BCUT2D eigenvalue weighted by Crippen LogP contribution is 2.90. The van der Waals surface area contributed by atoms with Crippen molar-refractivity contribution in [1.82, 2.24) is 15.1 Å². The summed E-state index contributed by atoms with van der Waals surface area (Å²) >= 11 is 0. The molecule has 2 N–H and O–H groups in total. The average Bonchev–Trinajstić information content (AvgIpc) is 3.38. The lowest BCUT2D eigenvalue weighted by molar-refractivity contribution is -0.274. The topological polar surface area (TPSA) is 93.5 Å². The molecule has 7 nitrogen and oxygen atoms in total. The maximum absolute atomic E-state index is 13.4. The van der Waals surface area contributed by atoms with Crippen molar-refractivity contribution in [1.29, 1.82) is 0 Å². The summed E-state index contributed by atoms with van der Waals surface area (Å²) in [5.41, 5.74) is 1.22. The monoisotopic (exact) mass is 485 g/mol. The third-order valence-corrected chi connectivity index (χ3v) is 7.97. The number of aromatic nitrogens is 2. The minimum Gasteiger partial charge on any atom is -0.481 e. The van der Waals surface area contributed by atoms with Gasteiger partial charge in [0, 0.05) is 5.39 Å². The number of amides is 1. The number of halogens is 3. The number of benzene rings is 2. The van der Waals surface area contributed by atoms with E-state index in [4.69, 9.17) is 0 Å². The summed E-state index contributed by atoms with van der Waals surface area (Å²) in [6.45, 7) is 2.26. The van der Waals surface area contributed by atoms with Crippen LogP contribution in [0.3, 0.4) is 0 Å². The lowest BCUT2D eigenvalue weighted by Crippen LogP contribution is -2.36. The number of carbonyl (C=O) groups is 2. The number of ether oxygens (including phenoxy) is 1. The third kappa shape index (κ3) is 3.37. The number of carbonyl (C=O) groups excluding carboxylic acids is 1. The summed E-state index contributed by atoms with van der Waals surface area (Å²) in [6.07, 6.45) is -2.19. The third-order valence-electron chi connectivity index (χ3n) is 7.97. The number of nitrogens with zero attached hydrogens (tertiary/aromatic N) is 2. The van der Waals surface area contributed by atoms with E-state index >= 15 is 0 Å². The first-order chi connectivity index (χ1) is 16.5. The molecule has 1 aromatic heterocycles. The molecular formula is C25H22F3N3O4. The number of nitrogens with one attached hydrogen (secondary N) is 1. The van der Waals surface area contributed by atoms with Gasteiger partial charge < -0.3 is 15.2 Å².